The molecule has 0 radical (unpaired) electrons. The molecule has 0 aliphatic carbocycles. The van der Waals surface area contributed by atoms with Crippen molar-refractivity contribution in [1.82, 2.24) is 0 Å². The van der Waals surface area contributed by atoms with Gasteiger partial charge in [-0.1, -0.05) is 30.3 Å². The minimum absolute atomic E-state index is 0.194. The average Bonchev–Trinajstić information content (AvgIpc) is 2.81. The van der Waals surface area contributed by atoms with Crippen LogP contribution in [0.15, 0.2) is 72.8 Å². The predicted octanol–water partition coefficient (Wildman–Crippen LogP) is 7.69. The van der Waals surface area contributed by atoms with Gasteiger partial charge in [0, 0.05) is 22.7 Å². The second-order valence-corrected chi connectivity index (χ2v) is 8.70. The molecule has 0 aromatic heterocycles. The Hall–Kier alpha value is -4.34. The highest BCUT2D eigenvalue weighted by Gasteiger charge is 2.38. The van der Waals surface area contributed by atoms with Gasteiger partial charge in [0.1, 0.15) is 0 Å². The van der Waals surface area contributed by atoms with Crippen LogP contribution in [0.2, 0.25) is 0 Å². The van der Waals surface area contributed by atoms with Gasteiger partial charge < -0.3 is 22.9 Å². The van der Waals surface area contributed by atoms with Crippen molar-refractivity contribution in [2.24, 2.45) is 0 Å². The van der Waals surface area contributed by atoms with Crippen LogP contribution in [-0.4, -0.2) is 0 Å². The second-order valence-electron chi connectivity index (χ2n) is 8.70. The lowest BCUT2D eigenvalue weighted by atomic mass is 9.94. The van der Waals surface area contributed by atoms with Gasteiger partial charge in [-0.15, -0.1) is 0 Å². The smallest absolute Gasteiger partial charge is 0.399 e. The van der Waals surface area contributed by atoms with Crippen molar-refractivity contribution in [3.63, 3.8) is 0 Å². The monoisotopic (exact) mass is 532 g/mol. The fraction of sp³-hybridized carbons (Fsp3) is 0.143. The Kier molecular flexibility index (Phi) is 7.85. The van der Waals surface area contributed by atoms with Gasteiger partial charge in [0.2, 0.25) is 0 Å². The summed E-state index contributed by atoms with van der Waals surface area (Å²) in [7, 11) is 0. The Labute approximate surface area is 215 Å². The molecule has 0 heterocycles. The van der Waals surface area contributed by atoms with Gasteiger partial charge in [0.25, 0.3) is 0 Å². The summed E-state index contributed by atoms with van der Waals surface area (Å²) < 4.78 is 78.4. The largest absolute Gasteiger partial charge is 0.417 e. The number of alkyl halides is 6. The van der Waals surface area contributed by atoms with E-state index in [2.05, 4.69) is 13.0 Å². The lowest BCUT2D eigenvalue weighted by Gasteiger charge is -2.18. The first-order chi connectivity index (χ1) is 17.6. The molecule has 0 saturated heterocycles. The first kappa shape index (κ1) is 28.2. The maximum Gasteiger partial charge on any atom is 0.417 e. The fourth-order valence-electron chi connectivity index (χ4n) is 4.00. The Morgan fingerprint density at radius 2 is 0.921 bits per heavy atom. The van der Waals surface area contributed by atoms with Gasteiger partial charge in [-0.25, -0.2) is 0 Å². The molecule has 0 atom stereocenters. The molecule has 4 nitrogen and oxygen atoms in total. The van der Waals surface area contributed by atoms with Crippen LogP contribution in [0.5, 0.6) is 0 Å². The standard InChI is InChI=1S/C14H10F6N2.C14H16N2/c15-13(16,17)11-5-7(21)1-3-9(11)10-4-2-8(22)6-12(10)14(18,19)20;1-9-8-11(15)6-7-12(9)13-4-3-5-14(16)10(13)2/h1-6H,21-22H2;3-8H,15-16H2,1-2H3. The number of halogens is 6. The fourth-order valence-corrected chi connectivity index (χ4v) is 4.00. The zero-order valence-electron chi connectivity index (χ0n) is 20.5. The van der Waals surface area contributed by atoms with Crippen LogP contribution < -0.4 is 22.9 Å². The summed E-state index contributed by atoms with van der Waals surface area (Å²) in [6.07, 6.45) is -9.68. The van der Waals surface area contributed by atoms with Gasteiger partial charge >= 0.3 is 12.4 Å². The summed E-state index contributed by atoms with van der Waals surface area (Å²) in [5, 5.41) is 0. The van der Waals surface area contributed by atoms with Gasteiger partial charge in [-0.3, -0.25) is 0 Å². The Morgan fingerprint density at radius 1 is 0.500 bits per heavy atom. The van der Waals surface area contributed by atoms with Crippen molar-refractivity contribution in [2.45, 2.75) is 26.2 Å². The molecule has 0 saturated carbocycles. The van der Waals surface area contributed by atoms with Crippen LogP contribution in [0.1, 0.15) is 22.3 Å². The second kappa shape index (κ2) is 10.6. The summed E-state index contributed by atoms with van der Waals surface area (Å²) in [5.74, 6) is 0. The zero-order valence-corrected chi connectivity index (χ0v) is 20.5. The Morgan fingerprint density at radius 3 is 1.34 bits per heavy atom. The van der Waals surface area contributed by atoms with Gasteiger partial charge in [-0.2, -0.15) is 26.3 Å². The number of nitrogens with two attached hydrogens (primary N) is 4. The summed E-state index contributed by atoms with van der Waals surface area (Å²) in [5.41, 5.74) is 24.5. The Balaban J connectivity index is 0.000000221. The van der Waals surface area contributed by atoms with Crippen molar-refractivity contribution >= 4 is 22.7 Å². The van der Waals surface area contributed by atoms with E-state index in [-0.39, 0.29) is 11.4 Å². The van der Waals surface area contributed by atoms with Gasteiger partial charge in [-0.05, 0) is 89.7 Å². The third-order valence-corrected chi connectivity index (χ3v) is 5.90. The normalized spacial score (nSPS) is 11.6. The van der Waals surface area contributed by atoms with E-state index >= 15 is 0 Å². The van der Waals surface area contributed by atoms with E-state index in [1.807, 2.05) is 37.3 Å². The van der Waals surface area contributed by atoms with E-state index in [9.17, 15) is 26.3 Å². The molecular weight excluding hydrogens is 506 g/mol. The van der Waals surface area contributed by atoms with E-state index in [1.54, 1.807) is 0 Å². The highest BCUT2D eigenvalue weighted by Crippen LogP contribution is 2.43. The summed E-state index contributed by atoms with van der Waals surface area (Å²) in [6, 6.07) is 17.2. The number of anilines is 4. The first-order valence-electron chi connectivity index (χ1n) is 11.2. The van der Waals surface area contributed by atoms with Crippen LogP contribution in [0, 0.1) is 13.8 Å². The lowest BCUT2D eigenvalue weighted by molar-refractivity contribution is -0.139. The van der Waals surface area contributed by atoms with Gasteiger partial charge in [0.15, 0.2) is 0 Å². The van der Waals surface area contributed by atoms with Crippen molar-refractivity contribution in [3.8, 4) is 22.3 Å². The number of hydrogen-bond donors (Lipinski definition) is 4. The van der Waals surface area contributed by atoms with Gasteiger partial charge in [0.05, 0.1) is 11.1 Å². The Bertz CT molecular complexity index is 1400. The molecule has 4 rings (SSSR count). The molecule has 0 aliphatic heterocycles. The van der Waals surface area contributed by atoms with E-state index in [4.69, 9.17) is 22.9 Å². The molecular formula is C28H26F6N4. The molecule has 38 heavy (non-hydrogen) atoms. The van der Waals surface area contributed by atoms with Crippen LogP contribution in [0.25, 0.3) is 22.3 Å². The number of hydrogen-bond acceptors (Lipinski definition) is 4. The van der Waals surface area contributed by atoms with E-state index < -0.39 is 34.6 Å². The van der Waals surface area contributed by atoms with E-state index in [0.29, 0.717) is 12.1 Å². The van der Waals surface area contributed by atoms with Crippen LogP contribution >= 0.6 is 0 Å². The van der Waals surface area contributed by atoms with Crippen molar-refractivity contribution in [2.75, 3.05) is 22.9 Å². The zero-order chi connectivity index (χ0) is 28.4. The molecule has 4 aromatic carbocycles. The molecule has 0 unspecified atom stereocenters. The maximum atomic E-state index is 13.1. The highest BCUT2D eigenvalue weighted by atomic mass is 19.4. The van der Waals surface area contributed by atoms with E-state index in [0.717, 1.165) is 41.2 Å². The van der Waals surface area contributed by atoms with Crippen LogP contribution in [0.4, 0.5) is 49.1 Å². The molecule has 0 bridgehead atoms. The number of aryl methyl sites for hydroxylation is 1. The number of rotatable bonds is 2. The molecule has 0 fully saturated rings. The van der Waals surface area contributed by atoms with Crippen LogP contribution in [0.3, 0.4) is 0 Å². The van der Waals surface area contributed by atoms with Crippen LogP contribution in [-0.2, 0) is 12.4 Å². The SMILES string of the molecule is Cc1cc(N)ccc1-c1cccc(N)c1C.Nc1ccc(-c2ccc(N)cc2C(F)(F)F)c(C(F)(F)F)c1. The molecule has 0 amide bonds. The maximum absolute atomic E-state index is 13.1. The minimum Gasteiger partial charge on any atom is -0.399 e. The van der Waals surface area contributed by atoms with Crippen molar-refractivity contribution in [1.29, 1.82) is 0 Å². The minimum atomic E-state index is -4.84. The predicted molar refractivity (Wildman–Crippen MR) is 141 cm³/mol. The molecule has 0 spiro atoms. The first-order valence-corrected chi connectivity index (χ1v) is 11.2. The highest BCUT2D eigenvalue weighted by molar-refractivity contribution is 5.77. The summed E-state index contributed by atoms with van der Waals surface area (Å²) in [6.45, 7) is 4.11. The van der Waals surface area contributed by atoms with E-state index in [1.165, 1.54) is 16.7 Å². The molecule has 8 N–H and O–H groups in total. The quantitative estimate of drug-likeness (QED) is 0.157. The third-order valence-electron chi connectivity index (χ3n) is 5.90. The topological polar surface area (TPSA) is 104 Å². The molecule has 4 aromatic rings. The lowest BCUT2D eigenvalue weighted by Crippen LogP contribution is -2.12. The number of nitrogen functional groups attached to an aromatic ring is 4. The molecule has 0 aliphatic rings. The summed E-state index contributed by atoms with van der Waals surface area (Å²) in [4.78, 5) is 0. The summed E-state index contributed by atoms with van der Waals surface area (Å²) >= 11 is 0. The number of benzene rings is 4. The molecule has 200 valence electrons. The van der Waals surface area contributed by atoms with Crippen molar-refractivity contribution < 1.29 is 26.3 Å². The average molecular weight is 533 g/mol. The third kappa shape index (κ3) is 6.31. The van der Waals surface area contributed by atoms with Crippen molar-refractivity contribution in [3.05, 3.63) is 95.1 Å². The molecule has 10 heteroatoms.